The van der Waals surface area contributed by atoms with Crippen molar-refractivity contribution in [1.82, 2.24) is 0 Å². The molecule has 0 aliphatic carbocycles. The largest absolute Gasteiger partial charge is 0.478 e. The van der Waals surface area contributed by atoms with E-state index in [1.54, 1.807) is 0 Å². The first-order valence-corrected chi connectivity index (χ1v) is 5.75. The van der Waals surface area contributed by atoms with Crippen molar-refractivity contribution in [3.05, 3.63) is 42.9 Å². The summed E-state index contributed by atoms with van der Waals surface area (Å²) in [6, 6.07) is 0. The summed E-state index contributed by atoms with van der Waals surface area (Å²) in [6.45, 7) is 17.8. The van der Waals surface area contributed by atoms with Crippen LogP contribution in [-0.4, -0.2) is 33.2 Å². The summed E-state index contributed by atoms with van der Waals surface area (Å²) in [6.07, 6.45) is 2.00. The molecule has 0 radical (unpaired) electrons. The van der Waals surface area contributed by atoms with Gasteiger partial charge in [-0.1, -0.05) is 19.7 Å². The average Bonchev–Trinajstić information content (AvgIpc) is 2.30. The summed E-state index contributed by atoms with van der Waals surface area (Å²) in [5.74, 6) is -2.81. The van der Waals surface area contributed by atoms with Crippen LogP contribution in [0.3, 0.4) is 0 Å². The Hall–Kier alpha value is -1.66. The minimum Gasteiger partial charge on any atom is -0.478 e. The van der Waals surface area contributed by atoms with Gasteiger partial charge in [0.05, 0.1) is 0 Å². The fourth-order valence-electron chi connectivity index (χ4n) is 0. The average molecular weight is 349 g/mol. The number of carboxylic acid groups (broad SMARTS) is 3. The maximum absolute atomic E-state index is 9.60. The van der Waals surface area contributed by atoms with Crippen LogP contribution in [0.2, 0.25) is 0 Å². The van der Waals surface area contributed by atoms with E-state index in [0.717, 1.165) is 0 Å². The van der Waals surface area contributed by atoms with Crippen molar-refractivity contribution in [2.75, 3.05) is 0 Å². The standard InChI is InChI=1S/3C4H6O2.C3H7.Ti/c3*1-3(2)4(5)6;1-3-2;/h3*1H2,2H3,(H,5,6);3H,1-2H3;/q;;;-1;. The molecule has 3 N–H and O–H groups in total. The van der Waals surface area contributed by atoms with E-state index >= 15 is 0 Å². The van der Waals surface area contributed by atoms with Gasteiger partial charge >= 0.3 is 17.9 Å². The van der Waals surface area contributed by atoms with Gasteiger partial charge in [0.25, 0.3) is 0 Å². The molecule has 0 aliphatic heterocycles. The molecule has 0 aromatic rings. The minimum atomic E-state index is -0.935. The molecule has 0 aromatic heterocycles. The molecule has 0 heterocycles. The van der Waals surface area contributed by atoms with Crippen LogP contribution >= 0.6 is 0 Å². The number of hydrogen-bond acceptors (Lipinski definition) is 3. The van der Waals surface area contributed by atoms with Crippen molar-refractivity contribution < 1.29 is 51.4 Å². The molecule has 126 valence electrons. The normalized spacial score (nSPS) is 6.95. The molecule has 0 rings (SSSR count). The zero-order chi connectivity index (χ0) is 18.2. The van der Waals surface area contributed by atoms with E-state index in [1.165, 1.54) is 20.8 Å². The van der Waals surface area contributed by atoms with Gasteiger partial charge in [0.1, 0.15) is 0 Å². The molecular weight excluding hydrogens is 324 g/mol. The van der Waals surface area contributed by atoms with Crippen LogP contribution in [0, 0.1) is 6.42 Å². The Morgan fingerprint density at radius 2 is 0.727 bits per heavy atom. The SMILES string of the molecule is C=C(C)C(=O)O.C=C(C)C(=O)O.C=C(C)C(=O)O.C[CH-]C.[Ti]. The van der Waals surface area contributed by atoms with E-state index < -0.39 is 17.9 Å². The van der Waals surface area contributed by atoms with E-state index in [-0.39, 0.29) is 38.4 Å². The van der Waals surface area contributed by atoms with Crippen molar-refractivity contribution in [3.8, 4) is 0 Å². The number of aliphatic carboxylic acids is 3. The third kappa shape index (κ3) is 51.6. The summed E-state index contributed by atoms with van der Waals surface area (Å²) >= 11 is 0. The van der Waals surface area contributed by atoms with Gasteiger partial charge in [-0.25, -0.2) is 14.4 Å². The van der Waals surface area contributed by atoms with Crippen LogP contribution < -0.4 is 0 Å². The zero-order valence-corrected chi connectivity index (χ0v) is 15.3. The van der Waals surface area contributed by atoms with Crippen molar-refractivity contribution in [3.63, 3.8) is 0 Å². The zero-order valence-electron chi connectivity index (χ0n) is 13.8. The second-order valence-corrected chi connectivity index (χ2v) is 3.83. The van der Waals surface area contributed by atoms with Gasteiger partial charge < -0.3 is 21.7 Å². The fraction of sp³-hybridized carbons (Fsp3) is 0.333. The van der Waals surface area contributed by atoms with E-state index in [4.69, 9.17) is 15.3 Å². The second kappa shape index (κ2) is 21.6. The van der Waals surface area contributed by atoms with Crippen molar-refractivity contribution in [2.24, 2.45) is 0 Å². The fourth-order valence-corrected chi connectivity index (χ4v) is 0. The van der Waals surface area contributed by atoms with E-state index in [2.05, 4.69) is 19.7 Å². The van der Waals surface area contributed by atoms with E-state index in [1.807, 2.05) is 20.3 Å². The number of hydrogen-bond donors (Lipinski definition) is 3. The van der Waals surface area contributed by atoms with Gasteiger partial charge in [0.15, 0.2) is 0 Å². The van der Waals surface area contributed by atoms with Gasteiger partial charge in [-0.2, -0.15) is 13.8 Å². The maximum Gasteiger partial charge on any atom is 0.330 e. The quantitative estimate of drug-likeness (QED) is 0.410. The van der Waals surface area contributed by atoms with E-state index in [0.29, 0.717) is 0 Å². The van der Waals surface area contributed by atoms with Gasteiger partial charge in [0.2, 0.25) is 0 Å². The van der Waals surface area contributed by atoms with Crippen molar-refractivity contribution in [1.29, 1.82) is 0 Å². The maximum atomic E-state index is 9.60. The molecule has 0 bridgehead atoms. The van der Waals surface area contributed by atoms with Crippen LogP contribution in [0.1, 0.15) is 34.6 Å². The second-order valence-electron chi connectivity index (χ2n) is 3.83. The van der Waals surface area contributed by atoms with Gasteiger partial charge in [0, 0.05) is 38.4 Å². The molecule has 0 saturated carbocycles. The summed E-state index contributed by atoms with van der Waals surface area (Å²) in [7, 11) is 0. The van der Waals surface area contributed by atoms with Crippen molar-refractivity contribution in [2.45, 2.75) is 34.6 Å². The molecule has 0 fully saturated rings. The Morgan fingerprint density at radius 1 is 0.682 bits per heavy atom. The molecule has 0 saturated heterocycles. The summed E-state index contributed by atoms with van der Waals surface area (Å²) in [4.78, 5) is 28.8. The van der Waals surface area contributed by atoms with Crippen molar-refractivity contribution >= 4 is 17.9 Å². The Balaban J connectivity index is -0.0000000591. The predicted octanol–water partition coefficient (Wildman–Crippen LogP) is 3.17. The molecule has 0 amide bonds. The first-order chi connectivity index (χ1) is 9.34. The first kappa shape index (κ1) is 32.3. The topological polar surface area (TPSA) is 112 Å². The number of carboxylic acids is 3. The Labute approximate surface area is 147 Å². The molecule has 0 aliphatic rings. The number of rotatable bonds is 3. The van der Waals surface area contributed by atoms with Crippen LogP contribution in [-0.2, 0) is 36.1 Å². The smallest absolute Gasteiger partial charge is 0.330 e. The predicted molar refractivity (Wildman–Crippen MR) is 83.0 cm³/mol. The summed E-state index contributed by atoms with van der Waals surface area (Å²) < 4.78 is 0. The molecular formula is C15H25O6Ti-. The molecule has 22 heavy (non-hydrogen) atoms. The third-order valence-corrected chi connectivity index (χ3v) is 1.10. The molecule has 0 aromatic carbocycles. The molecule has 0 unspecified atom stereocenters. The van der Waals surface area contributed by atoms with Crippen LogP contribution in [0.4, 0.5) is 0 Å². The van der Waals surface area contributed by atoms with Gasteiger partial charge in [-0.05, 0) is 20.8 Å². The Bertz CT molecular complexity index is 292. The Morgan fingerprint density at radius 3 is 0.727 bits per heavy atom. The van der Waals surface area contributed by atoms with Crippen LogP contribution in [0.15, 0.2) is 36.5 Å². The molecule has 6 nitrogen and oxygen atoms in total. The summed E-state index contributed by atoms with van der Waals surface area (Å²) in [5.41, 5.74) is 0.528. The number of carbonyl (C=O) groups is 3. The van der Waals surface area contributed by atoms with E-state index in [9.17, 15) is 14.4 Å². The molecule has 0 atom stereocenters. The molecule has 0 spiro atoms. The molecule has 7 heteroatoms. The first-order valence-electron chi connectivity index (χ1n) is 5.75. The van der Waals surface area contributed by atoms with Gasteiger partial charge in [-0.3, -0.25) is 0 Å². The monoisotopic (exact) mass is 349 g/mol. The van der Waals surface area contributed by atoms with Crippen LogP contribution in [0.25, 0.3) is 0 Å². The Kier molecular flexibility index (Phi) is 31.8. The third-order valence-electron chi connectivity index (χ3n) is 1.10. The van der Waals surface area contributed by atoms with Gasteiger partial charge in [-0.15, -0.1) is 0 Å². The summed E-state index contributed by atoms with van der Waals surface area (Å²) in [5, 5.41) is 23.7. The minimum absolute atomic E-state index is 0. The van der Waals surface area contributed by atoms with Crippen LogP contribution in [0.5, 0.6) is 0 Å².